The van der Waals surface area contributed by atoms with E-state index in [1.807, 2.05) is 19.9 Å². The predicted molar refractivity (Wildman–Crippen MR) is 66.7 cm³/mol. The highest BCUT2D eigenvalue weighted by atomic mass is 16.4. The molecule has 0 fully saturated rings. The molecule has 0 aliphatic carbocycles. The van der Waals surface area contributed by atoms with Gasteiger partial charge in [-0.05, 0) is 29.5 Å². The molecule has 0 unspecified atom stereocenters. The summed E-state index contributed by atoms with van der Waals surface area (Å²) in [6, 6.07) is 5.45. The smallest absolute Gasteiger partial charge is 0.417 e. The number of carbonyl (C=O) groups is 1. The lowest BCUT2D eigenvalue weighted by Crippen LogP contribution is -2.18. The van der Waals surface area contributed by atoms with Crippen LogP contribution >= 0.6 is 0 Å². The molecule has 2 aromatic rings. The molecule has 0 saturated heterocycles. The second-order valence-corrected chi connectivity index (χ2v) is 5.00. The standard InChI is InChI=1S/C13H15NO4/c1-13(2,6-5-11(15)16)8-3-4-9-10(7-8)18-12(17)14-9/h3-4,7H,5-6H2,1-2H3,(H,14,17)(H,15,16). The summed E-state index contributed by atoms with van der Waals surface area (Å²) in [5.74, 6) is -1.29. The van der Waals surface area contributed by atoms with Gasteiger partial charge in [0.15, 0.2) is 5.58 Å². The number of carboxylic acid groups (broad SMARTS) is 1. The van der Waals surface area contributed by atoms with E-state index in [-0.39, 0.29) is 11.8 Å². The number of rotatable bonds is 4. The highest BCUT2D eigenvalue weighted by Gasteiger charge is 2.22. The molecule has 0 bridgehead atoms. The lowest BCUT2D eigenvalue weighted by Gasteiger charge is -2.24. The third-order valence-electron chi connectivity index (χ3n) is 3.17. The molecule has 0 spiro atoms. The fourth-order valence-corrected chi connectivity index (χ4v) is 1.93. The maximum atomic E-state index is 11.1. The Labute approximate surface area is 103 Å². The Hall–Kier alpha value is -2.04. The third-order valence-corrected chi connectivity index (χ3v) is 3.17. The van der Waals surface area contributed by atoms with Crippen LogP contribution in [-0.4, -0.2) is 16.1 Å². The van der Waals surface area contributed by atoms with Crippen molar-refractivity contribution in [1.82, 2.24) is 4.98 Å². The van der Waals surface area contributed by atoms with Crippen LogP contribution in [0, 0.1) is 0 Å². The topological polar surface area (TPSA) is 83.3 Å². The molecule has 5 nitrogen and oxygen atoms in total. The summed E-state index contributed by atoms with van der Waals surface area (Å²) in [5.41, 5.74) is 1.83. The molecule has 1 heterocycles. The first-order valence-corrected chi connectivity index (χ1v) is 5.74. The van der Waals surface area contributed by atoms with Crippen molar-refractivity contribution in [2.24, 2.45) is 0 Å². The largest absolute Gasteiger partial charge is 0.481 e. The van der Waals surface area contributed by atoms with Crippen molar-refractivity contribution >= 4 is 17.1 Å². The van der Waals surface area contributed by atoms with Crippen LogP contribution in [0.2, 0.25) is 0 Å². The number of hydrogen-bond donors (Lipinski definition) is 2. The number of benzene rings is 1. The Balaban J connectivity index is 2.34. The van der Waals surface area contributed by atoms with Crippen molar-refractivity contribution in [2.75, 3.05) is 0 Å². The number of oxazole rings is 1. The first-order chi connectivity index (χ1) is 8.38. The Kier molecular flexibility index (Phi) is 2.98. The summed E-state index contributed by atoms with van der Waals surface area (Å²) >= 11 is 0. The average Bonchev–Trinajstić information content (AvgIpc) is 2.65. The quantitative estimate of drug-likeness (QED) is 0.870. The van der Waals surface area contributed by atoms with Gasteiger partial charge in [0.25, 0.3) is 0 Å². The maximum absolute atomic E-state index is 11.1. The van der Waals surface area contributed by atoms with Crippen LogP contribution in [0.25, 0.3) is 11.1 Å². The van der Waals surface area contributed by atoms with E-state index >= 15 is 0 Å². The maximum Gasteiger partial charge on any atom is 0.417 e. The van der Waals surface area contributed by atoms with Gasteiger partial charge in [0.1, 0.15) is 0 Å². The zero-order valence-corrected chi connectivity index (χ0v) is 10.3. The minimum atomic E-state index is -0.808. The molecule has 2 N–H and O–H groups in total. The van der Waals surface area contributed by atoms with E-state index in [2.05, 4.69) is 4.98 Å². The SMILES string of the molecule is CC(C)(CCC(=O)O)c1ccc2[nH]c(=O)oc2c1. The van der Waals surface area contributed by atoms with E-state index in [4.69, 9.17) is 9.52 Å². The number of aromatic nitrogens is 1. The van der Waals surface area contributed by atoms with E-state index in [0.29, 0.717) is 17.5 Å². The molecule has 96 valence electrons. The van der Waals surface area contributed by atoms with E-state index in [1.165, 1.54) is 0 Å². The Morgan fingerprint density at radius 2 is 2.17 bits per heavy atom. The molecule has 5 heteroatoms. The molecule has 0 aliphatic rings. The van der Waals surface area contributed by atoms with E-state index in [1.54, 1.807) is 12.1 Å². The number of hydrogen-bond acceptors (Lipinski definition) is 3. The van der Waals surface area contributed by atoms with Crippen molar-refractivity contribution in [3.8, 4) is 0 Å². The molecule has 0 saturated carbocycles. The van der Waals surface area contributed by atoms with E-state index in [9.17, 15) is 9.59 Å². The normalized spacial score (nSPS) is 11.9. The van der Waals surface area contributed by atoms with Crippen LogP contribution in [-0.2, 0) is 10.2 Å². The fraction of sp³-hybridized carbons (Fsp3) is 0.385. The lowest BCUT2D eigenvalue weighted by atomic mass is 9.80. The van der Waals surface area contributed by atoms with Gasteiger partial charge < -0.3 is 9.52 Å². The lowest BCUT2D eigenvalue weighted by molar-refractivity contribution is -0.137. The van der Waals surface area contributed by atoms with E-state index in [0.717, 1.165) is 5.56 Å². The number of fused-ring (bicyclic) bond motifs is 1. The Morgan fingerprint density at radius 3 is 2.83 bits per heavy atom. The van der Waals surface area contributed by atoms with Gasteiger partial charge in [-0.25, -0.2) is 4.79 Å². The van der Waals surface area contributed by atoms with Crippen LogP contribution in [0.5, 0.6) is 0 Å². The van der Waals surface area contributed by atoms with Crippen molar-refractivity contribution in [3.05, 3.63) is 34.3 Å². The number of nitrogens with one attached hydrogen (secondary N) is 1. The molecule has 2 rings (SSSR count). The second kappa shape index (κ2) is 4.33. The predicted octanol–water partition coefficient (Wildman–Crippen LogP) is 2.26. The van der Waals surface area contributed by atoms with Gasteiger partial charge in [0, 0.05) is 6.42 Å². The number of carboxylic acids is 1. The van der Waals surface area contributed by atoms with Crippen molar-refractivity contribution in [1.29, 1.82) is 0 Å². The van der Waals surface area contributed by atoms with Crippen LogP contribution < -0.4 is 5.76 Å². The minimum Gasteiger partial charge on any atom is -0.481 e. The van der Waals surface area contributed by atoms with Gasteiger partial charge in [0.05, 0.1) is 5.52 Å². The Morgan fingerprint density at radius 1 is 1.44 bits per heavy atom. The summed E-state index contributed by atoms with van der Waals surface area (Å²) < 4.78 is 5.00. The molecule has 0 radical (unpaired) electrons. The van der Waals surface area contributed by atoms with Gasteiger partial charge >= 0.3 is 11.7 Å². The van der Waals surface area contributed by atoms with Gasteiger partial charge in [-0.15, -0.1) is 0 Å². The summed E-state index contributed by atoms with van der Waals surface area (Å²) in [6.45, 7) is 3.95. The molecular weight excluding hydrogens is 234 g/mol. The van der Waals surface area contributed by atoms with Gasteiger partial charge in [0.2, 0.25) is 0 Å². The summed E-state index contributed by atoms with van der Waals surface area (Å²) in [7, 11) is 0. The van der Waals surface area contributed by atoms with Gasteiger partial charge in [-0.1, -0.05) is 19.9 Å². The highest BCUT2D eigenvalue weighted by Crippen LogP contribution is 2.30. The molecule has 18 heavy (non-hydrogen) atoms. The summed E-state index contributed by atoms with van der Waals surface area (Å²) in [6.07, 6.45) is 0.643. The third kappa shape index (κ3) is 2.45. The van der Waals surface area contributed by atoms with E-state index < -0.39 is 11.7 Å². The van der Waals surface area contributed by atoms with Crippen LogP contribution in [0.1, 0.15) is 32.3 Å². The molecule has 0 atom stereocenters. The highest BCUT2D eigenvalue weighted by molar-refractivity contribution is 5.73. The second-order valence-electron chi connectivity index (χ2n) is 5.00. The van der Waals surface area contributed by atoms with Gasteiger partial charge in [-0.2, -0.15) is 0 Å². The molecule has 0 amide bonds. The zero-order valence-electron chi connectivity index (χ0n) is 10.3. The average molecular weight is 249 g/mol. The summed E-state index contributed by atoms with van der Waals surface area (Å²) in [5, 5.41) is 8.73. The van der Waals surface area contributed by atoms with Crippen molar-refractivity contribution in [3.63, 3.8) is 0 Å². The Bertz CT molecular complexity index is 636. The molecule has 0 aliphatic heterocycles. The van der Waals surface area contributed by atoms with Gasteiger partial charge in [-0.3, -0.25) is 9.78 Å². The first-order valence-electron chi connectivity index (χ1n) is 5.74. The van der Waals surface area contributed by atoms with Crippen LogP contribution in [0.4, 0.5) is 0 Å². The number of aromatic amines is 1. The number of H-pyrrole nitrogens is 1. The fourth-order valence-electron chi connectivity index (χ4n) is 1.93. The van der Waals surface area contributed by atoms with Crippen molar-refractivity contribution in [2.45, 2.75) is 32.1 Å². The van der Waals surface area contributed by atoms with Crippen LogP contribution in [0.3, 0.4) is 0 Å². The zero-order chi connectivity index (χ0) is 13.3. The monoisotopic (exact) mass is 249 g/mol. The molecule has 1 aromatic carbocycles. The summed E-state index contributed by atoms with van der Waals surface area (Å²) in [4.78, 5) is 24.3. The first kappa shape index (κ1) is 12.4. The van der Waals surface area contributed by atoms with Crippen molar-refractivity contribution < 1.29 is 14.3 Å². The minimum absolute atomic E-state index is 0.113. The van der Waals surface area contributed by atoms with Crippen LogP contribution in [0.15, 0.2) is 27.4 Å². The number of aliphatic carboxylic acids is 1. The molecule has 1 aromatic heterocycles. The molecular formula is C13H15NO4.